The van der Waals surface area contributed by atoms with Crippen LogP contribution in [0.25, 0.3) is 0 Å². The molecule has 21 heavy (non-hydrogen) atoms. The van der Waals surface area contributed by atoms with Crippen molar-refractivity contribution in [1.29, 1.82) is 0 Å². The quantitative estimate of drug-likeness (QED) is 0.381. The Bertz CT molecular complexity index is 570. The molecule has 6 N–H and O–H groups in total. The zero-order valence-electron chi connectivity index (χ0n) is 10.7. The average molecular weight is 339 g/mol. The summed E-state index contributed by atoms with van der Waals surface area (Å²) in [6.07, 6.45) is -0.561. The zero-order valence-corrected chi connectivity index (χ0v) is 12.4. The second kappa shape index (κ2) is 6.37. The highest BCUT2D eigenvalue weighted by Crippen LogP contribution is 2.72. The minimum atomic E-state index is -5.38. The molecule has 0 amide bonds. The molecule has 0 spiro atoms. The van der Waals surface area contributed by atoms with Crippen molar-refractivity contribution in [3.63, 3.8) is 0 Å². The van der Waals surface area contributed by atoms with Gasteiger partial charge in [-0.25, -0.2) is 0 Å². The summed E-state index contributed by atoms with van der Waals surface area (Å²) in [6.45, 7) is -0.527. The van der Waals surface area contributed by atoms with E-state index in [1.165, 1.54) is 18.2 Å². The monoisotopic (exact) mass is 339 g/mol. The third kappa shape index (κ3) is 3.78. The molecule has 1 rings (SSSR count). The minimum absolute atomic E-state index is 0.322. The summed E-state index contributed by atoms with van der Waals surface area (Å²) in [4.78, 5) is 48.5. The van der Waals surface area contributed by atoms with Crippen LogP contribution < -0.4 is 5.32 Å². The molecular formula is C10H15NO8P2. The van der Waals surface area contributed by atoms with Crippen LogP contribution in [-0.4, -0.2) is 37.2 Å². The number of hydrogen-bond donors (Lipinski definition) is 6. The fourth-order valence-corrected chi connectivity index (χ4v) is 4.79. The van der Waals surface area contributed by atoms with Crippen molar-refractivity contribution in [3.8, 4) is 0 Å². The molecule has 9 nitrogen and oxygen atoms in total. The number of carbonyl (C=O) groups is 1. The van der Waals surface area contributed by atoms with E-state index in [2.05, 4.69) is 5.32 Å². The molecule has 0 saturated heterocycles. The van der Waals surface area contributed by atoms with Crippen molar-refractivity contribution in [3.05, 3.63) is 35.9 Å². The van der Waals surface area contributed by atoms with Crippen molar-refractivity contribution in [2.75, 3.05) is 6.54 Å². The first-order chi connectivity index (χ1) is 9.52. The molecule has 1 aromatic rings. The fraction of sp³-hybridized carbons (Fsp3) is 0.300. The summed E-state index contributed by atoms with van der Waals surface area (Å²) in [5.74, 6) is -1.28. The molecule has 0 fully saturated rings. The maximum atomic E-state index is 11.8. The van der Waals surface area contributed by atoms with E-state index < -0.39 is 39.1 Å². The fourth-order valence-electron chi connectivity index (χ4n) is 1.83. The van der Waals surface area contributed by atoms with Crippen molar-refractivity contribution in [1.82, 2.24) is 5.32 Å². The lowest BCUT2D eigenvalue weighted by Crippen LogP contribution is -2.43. The van der Waals surface area contributed by atoms with Crippen molar-refractivity contribution in [2.45, 2.75) is 11.4 Å². The van der Waals surface area contributed by atoms with Crippen LogP contribution in [0.3, 0.4) is 0 Å². The number of nitrogens with one attached hydrogen (secondary N) is 1. The van der Waals surface area contributed by atoms with Crippen LogP contribution in [0.1, 0.15) is 12.0 Å². The molecule has 118 valence electrons. The molecule has 0 unspecified atom stereocenters. The number of carboxylic acid groups (broad SMARTS) is 1. The standard InChI is InChI=1S/C10H15NO8P2/c12-9(13)6-7-11-10(20(14,15)16,21(17,18)19)8-4-2-1-3-5-8/h1-5,11H,6-7H2,(H,12,13)(H2,14,15,16)(H2,17,18,19). The number of aliphatic carboxylic acids is 1. The van der Waals surface area contributed by atoms with Gasteiger partial charge in [-0.15, -0.1) is 0 Å². The summed E-state index contributed by atoms with van der Waals surface area (Å²) in [6, 6.07) is 6.51. The highest BCUT2D eigenvalue weighted by molar-refractivity contribution is 7.71. The first-order valence-electron chi connectivity index (χ1n) is 5.66. The van der Waals surface area contributed by atoms with Gasteiger partial charge in [0.25, 0.3) is 0 Å². The van der Waals surface area contributed by atoms with E-state index in [1.807, 2.05) is 0 Å². The van der Waals surface area contributed by atoms with Gasteiger partial charge in [0.05, 0.1) is 6.42 Å². The Morgan fingerprint density at radius 1 is 1.05 bits per heavy atom. The highest BCUT2D eigenvalue weighted by atomic mass is 31.2. The molecule has 1 aromatic carbocycles. The van der Waals surface area contributed by atoms with E-state index in [9.17, 15) is 33.5 Å². The molecule has 0 saturated carbocycles. The largest absolute Gasteiger partial charge is 0.481 e. The molecule has 0 aliphatic rings. The van der Waals surface area contributed by atoms with Crippen molar-refractivity contribution in [2.24, 2.45) is 0 Å². The molecule has 0 heterocycles. The van der Waals surface area contributed by atoms with Crippen LogP contribution in [0.4, 0.5) is 0 Å². The molecule has 0 atom stereocenters. The van der Waals surface area contributed by atoms with Crippen molar-refractivity contribution < 1.29 is 38.6 Å². The van der Waals surface area contributed by atoms with Crippen LogP contribution in [0.2, 0.25) is 0 Å². The van der Waals surface area contributed by atoms with E-state index in [-0.39, 0.29) is 5.56 Å². The Morgan fingerprint density at radius 3 is 1.90 bits per heavy atom. The van der Waals surface area contributed by atoms with Gasteiger partial charge in [0.1, 0.15) is 0 Å². The number of benzene rings is 1. The Hall–Kier alpha value is -1.05. The van der Waals surface area contributed by atoms with Crippen LogP contribution >= 0.6 is 15.2 Å². The molecule has 0 aromatic heterocycles. The van der Waals surface area contributed by atoms with Gasteiger partial charge in [-0.3, -0.25) is 19.2 Å². The summed E-state index contributed by atoms with van der Waals surface area (Å²) >= 11 is 0. The Balaban J connectivity index is 3.42. The second-order valence-electron chi connectivity index (χ2n) is 4.20. The number of hydrogen-bond acceptors (Lipinski definition) is 4. The van der Waals surface area contributed by atoms with Gasteiger partial charge >= 0.3 is 21.2 Å². The van der Waals surface area contributed by atoms with Gasteiger partial charge in [-0.05, 0) is 5.56 Å². The molecule has 0 radical (unpaired) electrons. The van der Waals surface area contributed by atoms with Crippen molar-refractivity contribution >= 4 is 21.2 Å². The zero-order chi connectivity index (χ0) is 16.3. The van der Waals surface area contributed by atoms with Crippen LogP contribution in [-0.2, 0) is 18.9 Å². The lowest BCUT2D eigenvalue weighted by Gasteiger charge is -2.35. The van der Waals surface area contributed by atoms with Crippen LogP contribution in [0.15, 0.2) is 30.3 Å². The Kier molecular flexibility index (Phi) is 5.46. The number of carboxylic acids is 1. The highest BCUT2D eigenvalue weighted by Gasteiger charge is 2.61. The Labute approximate surface area is 119 Å². The van der Waals surface area contributed by atoms with Gasteiger partial charge in [0, 0.05) is 6.54 Å². The van der Waals surface area contributed by atoms with Gasteiger partial charge < -0.3 is 24.7 Å². The van der Waals surface area contributed by atoms with Gasteiger partial charge in [-0.1, -0.05) is 30.3 Å². The molecule has 0 aliphatic carbocycles. The Morgan fingerprint density at radius 2 is 1.52 bits per heavy atom. The minimum Gasteiger partial charge on any atom is -0.481 e. The van der Waals surface area contributed by atoms with E-state index in [4.69, 9.17) is 5.11 Å². The SMILES string of the molecule is O=C(O)CCNC(c1ccccc1)(P(=O)(O)O)P(=O)(O)O. The third-order valence-corrected chi connectivity index (χ3v) is 6.81. The maximum Gasteiger partial charge on any atom is 0.362 e. The summed E-state index contributed by atoms with van der Waals surface area (Å²) in [5.41, 5.74) is -0.322. The van der Waals surface area contributed by atoms with Gasteiger partial charge in [-0.2, -0.15) is 0 Å². The van der Waals surface area contributed by atoms with Gasteiger partial charge in [0.15, 0.2) is 0 Å². The smallest absolute Gasteiger partial charge is 0.362 e. The second-order valence-corrected chi connectivity index (χ2v) is 8.07. The molecule has 0 aliphatic heterocycles. The van der Waals surface area contributed by atoms with E-state index in [0.29, 0.717) is 0 Å². The van der Waals surface area contributed by atoms with Crippen LogP contribution in [0, 0.1) is 0 Å². The molecular weight excluding hydrogens is 324 g/mol. The topological polar surface area (TPSA) is 164 Å². The first kappa shape index (κ1) is 18.0. The lowest BCUT2D eigenvalue weighted by molar-refractivity contribution is -0.136. The molecule has 0 bridgehead atoms. The first-order valence-corrected chi connectivity index (χ1v) is 8.88. The normalized spacial score (nSPS) is 13.1. The lowest BCUT2D eigenvalue weighted by atomic mass is 10.2. The summed E-state index contributed by atoms with van der Waals surface area (Å²) < 4.78 is 23.5. The van der Waals surface area contributed by atoms with E-state index in [0.717, 1.165) is 12.1 Å². The summed E-state index contributed by atoms with van der Waals surface area (Å²) in [7, 11) is -10.8. The predicted molar refractivity (Wildman–Crippen MR) is 72.5 cm³/mol. The van der Waals surface area contributed by atoms with Gasteiger partial charge in [0.2, 0.25) is 5.02 Å². The maximum absolute atomic E-state index is 11.8. The van der Waals surface area contributed by atoms with E-state index in [1.54, 1.807) is 0 Å². The van der Waals surface area contributed by atoms with Crippen LogP contribution in [0.5, 0.6) is 0 Å². The average Bonchev–Trinajstić information content (AvgIpc) is 2.32. The predicted octanol–water partition coefficient (Wildman–Crippen LogP) is 0.217. The third-order valence-electron chi connectivity index (χ3n) is 2.73. The van der Waals surface area contributed by atoms with E-state index >= 15 is 0 Å². The summed E-state index contributed by atoms with van der Waals surface area (Å²) in [5, 5.41) is 7.64. The molecule has 11 heteroatoms. The number of rotatable bonds is 7.